The summed E-state index contributed by atoms with van der Waals surface area (Å²) in [5.74, 6) is 2.31. The topological polar surface area (TPSA) is 75.9 Å². The summed E-state index contributed by atoms with van der Waals surface area (Å²) >= 11 is 0. The van der Waals surface area contributed by atoms with Crippen LogP contribution in [-0.4, -0.2) is 36.2 Å². The summed E-state index contributed by atoms with van der Waals surface area (Å²) in [6, 6.07) is 115. The van der Waals surface area contributed by atoms with E-state index in [4.69, 9.17) is 24.9 Å². The highest BCUT2D eigenvalue weighted by Crippen LogP contribution is 2.52. The van der Waals surface area contributed by atoms with Gasteiger partial charge in [-0.05, 0) is 147 Å². The number of para-hydroxylation sites is 5. The van der Waals surface area contributed by atoms with Gasteiger partial charge in [-0.15, -0.1) is 0 Å². The Bertz CT molecular complexity index is 5650. The molecule has 19 rings (SSSR count). The van der Waals surface area contributed by atoms with Crippen molar-refractivity contribution >= 4 is 79.0 Å². The van der Waals surface area contributed by atoms with Crippen LogP contribution in [0.2, 0.25) is 0 Å². The monoisotopic (exact) mass is 1240 g/mol. The van der Waals surface area contributed by atoms with Crippen LogP contribution in [0.25, 0.3) is 118 Å². The van der Waals surface area contributed by atoms with E-state index in [1.165, 1.54) is 49.4 Å². The van der Waals surface area contributed by atoms with Crippen LogP contribution < -0.4 is 26.2 Å². The van der Waals surface area contributed by atoms with Gasteiger partial charge in [0, 0.05) is 83.7 Å². The summed E-state index contributed by atoms with van der Waals surface area (Å²) in [7, 11) is 0. The molecule has 0 fully saturated rings. The SMILES string of the molecule is CC1(C)c2ccccc2-c2cc3c4ccccc4n(-c4ccc(-c5nc(-c6ccccc6)nc(-c6ccccc6)n5)cc4-c4cc(-c5ccccc5)nc(-c5cccc(-c6cc7c8c(c6)N(c6ccccc6)c6ccccc6B8c6ccccc6N7c6ccccc6)c5)n4)c3cc21. The van der Waals surface area contributed by atoms with Crippen molar-refractivity contribution in [2.24, 2.45) is 0 Å². The average molecular weight is 1240 g/mol. The van der Waals surface area contributed by atoms with Crippen LogP contribution in [0.15, 0.2) is 322 Å². The van der Waals surface area contributed by atoms with Gasteiger partial charge in [-0.2, -0.15) is 0 Å². The Balaban J connectivity index is 0.847. The van der Waals surface area contributed by atoms with Gasteiger partial charge in [-0.1, -0.05) is 238 Å². The van der Waals surface area contributed by atoms with E-state index in [0.29, 0.717) is 23.3 Å². The van der Waals surface area contributed by atoms with E-state index < -0.39 is 0 Å². The molecule has 454 valence electrons. The molecule has 0 radical (unpaired) electrons. The highest BCUT2D eigenvalue weighted by atomic mass is 15.2. The van der Waals surface area contributed by atoms with Crippen molar-refractivity contribution in [2.75, 3.05) is 9.80 Å². The molecular weight excluding hydrogens is 1180 g/mol. The maximum Gasteiger partial charge on any atom is 0.252 e. The molecule has 0 bridgehead atoms. The molecule has 0 saturated carbocycles. The molecule has 3 aromatic heterocycles. The minimum absolute atomic E-state index is 0.0112. The molecule has 3 aliphatic rings. The van der Waals surface area contributed by atoms with E-state index in [2.05, 4.69) is 313 Å². The van der Waals surface area contributed by atoms with Gasteiger partial charge in [0.15, 0.2) is 23.3 Å². The third kappa shape index (κ3) is 9.11. The van der Waals surface area contributed by atoms with Crippen molar-refractivity contribution in [3.8, 4) is 96.0 Å². The fourth-order valence-electron chi connectivity index (χ4n) is 15.5. The Morgan fingerprint density at radius 3 is 1.41 bits per heavy atom. The second-order valence-electron chi connectivity index (χ2n) is 25.9. The normalized spacial score (nSPS) is 13.1. The molecule has 8 nitrogen and oxygen atoms in total. The minimum atomic E-state index is -0.238. The second kappa shape index (κ2) is 22.3. The van der Waals surface area contributed by atoms with Crippen molar-refractivity contribution in [2.45, 2.75) is 19.3 Å². The minimum Gasteiger partial charge on any atom is -0.311 e. The molecule has 97 heavy (non-hydrogen) atoms. The molecule has 0 amide bonds. The van der Waals surface area contributed by atoms with Gasteiger partial charge in [0.25, 0.3) is 6.71 Å². The summed E-state index contributed by atoms with van der Waals surface area (Å²) in [4.78, 5) is 32.1. The molecule has 0 saturated heterocycles. The maximum absolute atomic E-state index is 5.82. The fraction of sp³-hybridized carbons (Fsp3) is 0.0341. The number of aromatic nitrogens is 6. The smallest absolute Gasteiger partial charge is 0.252 e. The zero-order valence-corrected chi connectivity index (χ0v) is 53.3. The lowest BCUT2D eigenvalue weighted by atomic mass is 9.33. The summed E-state index contributed by atoms with van der Waals surface area (Å²) < 4.78 is 2.45. The first-order valence-corrected chi connectivity index (χ1v) is 33.2. The Morgan fingerprint density at radius 1 is 0.278 bits per heavy atom. The van der Waals surface area contributed by atoms with Crippen LogP contribution in [-0.2, 0) is 5.41 Å². The lowest BCUT2D eigenvalue weighted by molar-refractivity contribution is 0.661. The van der Waals surface area contributed by atoms with Gasteiger partial charge >= 0.3 is 0 Å². The third-order valence-electron chi connectivity index (χ3n) is 20.0. The molecule has 13 aromatic carbocycles. The molecule has 0 spiro atoms. The van der Waals surface area contributed by atoms with Crippen molar-refractivity contribution < 1.29 is 0 Å². The van der Waals surface area contributed by atoms with Crippen LogP contribution in [0.3, 0.4) is 0 Å². The molecule has 5 heterocycles. The van der Waals surface area contributed by atoms with E-state index in [1.807, 2.05) is 36.4 Å². The van der Waals surface area contributed by atoms with Crippen molar-refractivity contribution in [3.63, 3.8) is 0 Å². The summed E-state index contributed by atoms with van der Waals surface area (Å²) in [6.45, 7) is 4.70. The third-order valence-corrected chi connectivity index (χ3v) is 20.0. The van der Waals surface area contributed by atoms with Gasteiger partial charge in [0.1, 0.15) is 0 Å². The lowest BCUT2D eigenvalue weighted by Gasteiger charge is -2.44. The number of fused-ring (bicyclic) bond motifs is 10. The molecule has 2 aliphatic heterocycles. The molecular formula is C88H59BN8. The first-order chi connectivity index (χ1) is 47.9. The number of anilines is 6. The van der Waals surface area contributed by atoms with Crippen molar-refractivity contribution in [1.29, 1.82) is 0 Å². The first kappa shape index (κ1) is 56.0. The summed E-state index contributed by atoms with van der Waals surface area (Å²) in [5, 5.41) is 2.35. The predicted octanol–water partition coefficient (Wildman–Crippen LogP) is 19.8. The Labute approximate surface area is 562 Å². The van der Waals surface area contributed by atoms with E-state index in [1.54, 1.807) is 0 Å². The van der Waals surface area contributed by atoms with Gasteiger partial charge in [0.2, 0.25) is 0 Å². The quantitative estimate of drug-likeness (QED) is 0.126. The van der Waals surface area contributed by atoms with Gasteiger partial charge < -0.3 is 14.4 Å². The molecule has 16 aromatic rings. The molecule has 9 heteroatoms. The van der Waals surface area contributed by atoms with Gasteiger partial charge in [-0.25, -0.2) is 24.9 Å². The van der Waals surface area contributed by atoms with Crippen LogP contribution in [0.4, 0.5) is 34.1 Å². The number of hydrogen-bond donors (Lipinski definition) is 0. The fourth-order valence-corrected chi connectivity index (χ4v) is 15.5. The zero-order valence-electron chi connectivity index (χ0n) is 53.3. The molecule has 0 N–H and O–H groups in total. The van der Waals surface area contributed by atoms with Crippen LogP contribution in [0.5, 0.6) is 0 Å². The highest BCUT2D eigenvalue weighted by Gasteiger charge is 2.44. The Morgan fingerprint density at radius 2 is 0.773 bits per heavy atom. The summed E-state index contributed by atoms with van der Waals surface area (Å²) in [6.07, 6.45) is 0. The number of hydrogen-bond acceptors (Lipinski definition) is 7. The maximum atomic E-state index is 5.82. The second-order valence-corrected chi connectivity index (χ2v) is 25.9. The molecule has 0 atom stereocenters. The van der Waals surface area contributed by atoms with E-state index in [9.17, 15) is 0 Å². The highest BCUT2D eigenvalue weighted by molar-refractivity contribution is 7.00. The van der Waals surface area contributed by atoms with Crippen LogP contribution in [0.1, 0.15) is 25.0 Å². The lowest BCUT2D eigenvalue weighted by Crippen LogP contribution is -2.61. The van der Waals surface area contributed by atoms with E-state index in [-0.39, 0.29) is 12.1 Å². The van der Waals surface area contributed by atoms with E-state index in [0.717, 1.165) is 107 Å². The van der Waals surface area contributed by atoms with Crippen LogP contribution in [0, 0.1) is 0 Å². The number of nitrogens with zero attached hydrogens (tertiary/aromatic N) is 8. The van der Waals surface area contributed by atoms with Crippen molar-refractivity contribution in [3.05, 3.63) is 333 Å². The van der Waals surface area contributed by atoms with Gasteiger partial charge in [0.05, 0.1) is 28.1 Å². The summed E-state index contributed by atoms with van der Waals surface area (Å²) in [5.41, 5.74) is 27.7. The molecule has 1 aliphatic carbocycles. The Hall–Kier alpha value is -12.6. The van der Waals surface area contributed by atoms with E-state index >= 15 is 0 Å². The predicted molar refractivity (Wildman–Crippen MR) is 399 cm³/mol. The van der Waals surface area contributed by atoms with Crippen molar-refractivity contribution in [1.82, 2.24) is 29.5 Å². The first-order valence-electron chi connectivity index (χ1n) is 33.2. The zero-order chi connectivity index (χ0) is 64.3. The standard InChI is InChI=1S/C88H59BN8/c1-88(2)70-41-20-18-39-65(70)67-53-68-66-40-19-23-44-76(66)97(80(68)54-71(67)88)77-48-47-61(87-93-84(57-29-10-4-11-30-57)92-85(94-87)58-31-12-5-13-32-58)50-69(77)75-55-74(56-27-8-3-9-28-56)90-86(91-75)60-34-26-33-59(49-60)62-51-81-83-82(52-62)96(64-37-16-7-17-38-64)79-46-25-22-43-73(79)89(83)72-42-21-24-45-78(72)95(81)63-35-14-6-15-36-63/h3-55H,1-2H3. The van der Waals surface area contributed by atoms with Crippen LogP contribution >= 0.6 is 0 Å². The molecule has 0 unspecified atom stereocenters. The Kier molecular flexibility index (Phi) is 12.9. The number of rotatable bonds is 10. The van der Waals surface area contributed by atoms with Gasteiger partial charge in [-0.3, -0.25) is 0 Å². The number of benzene rings is 13. The average Bonchev–Trinajstić information content (AvgIpc) is 1.42. The largest absolute Gasteiger partial charge is 0.311 e.